The first kappa shape index (κ1) is 13.1. The van der Waals surface area contributed by atoms with Crippen molar-refractivity contribution in [3.8, 4) is 5.75 Å². The van der Waals surface area contributed by atoms with Crippen molar-refractivity contribution >= 4 is 5.78 Å². The summed E-state index contributed by atoms with van der Waals surface area (Å²) in [5.41, 5.74) is 2.10. The number of benzene rings is 1. The normalized spacial score (nSPS) is 21.1. The van der Waals surface area contributed by atoms with Crippen molar-refractivity contribution in [3.05, 3.63) is 29.3 Å². The van der Waals surface area contributed by atoms with Gasteiger partial charge in [0.2, 0.25) is 0 Å². The van der Waals surface area contributed by atoms with Crippen LogP contribution in [0.3, 0.4) is 0 Å². The first-order valence-corrected chi connectivity index (χ1v) is 6.73. The van der Waals surface area contributed by atoms with Gasteiger partial charge in [0, 0.05) is 12.8 Å². The van der Waals surface area contributed by atoms with Gasteiger partial charge in [0.25, 0.3) is 0 Å². The molecule has 2 heteroatoms. The lowest BCUT2D eigenvalue weighted by atomic mass is 9.79. The monoisotopic (exact) mass is 246 g/mol. The average Bonchev–Trinajstić information content (AvgIpc) is 2.28. The zero-order valence-corrected chi connectivity index (χ0v) is 11.5. The Morgan fingerprint density at radius 1 is 1.28 bits per heavy atom. The second kappa shape index (κ2) is 4.75. The van der Waals surface area contributed by atoms with E-state index in [2.05, 4.69) is 26.8 Å². The lowest BCUT2D eigenvalue weighted by molar-refractivity contribution is -0.120. The second-order valence-corrected chi connectivity index (χ2v) is 6.36. The highest BCUT2D eigenvalue weighted by Gasteiger charge is 2.24. The van der Waals surface area contributed by atoms with Gasteiger partial charge in [-0.05, 0) is 41.4 Å². The average molecular weight is 246 g/mol. The maximum absolute atomic E-state index is 11.5. The molecule has 1 aliphatic rings. The van der Waals surface area contributed by atoms with E-state index < -0.39 is 0 Å². The lowest BCUT2D eigenvalue weighted by Crippen LogP contribution is -2.16. The van der Waals surface area contributed by atoms with E-state index in [1.807, 2.05) is 6.07 Å². The van der Waals surface area contributed by atoms with Crippen LogP contribution in [0.15, 0.2) is 18.2 Å². The zero-order chi connectivity index (χ0) is 13.3. The molecular formula is C16H22O2. The number of ketones is 1. The highest BCUT2D eigenvalue weighted by atomic mass is 16.3. The van der Waals surface area contributed by atoms with Crippen LogP contribution in [-0.2, 0) is 10.2 Å². The quantitative estimate of drug-likeness (QED) is 0.815. The lowest BCUT2D eigenvalue weighted by Gasteiger charge is -2.25. The van der Waals surface area contributed by atoms with E-state index in [4.69, 9.17) is 0 Å². The van der Waals surface area contributed by atoms with Gasteiger partial charge in [-0.2, -0.15) is 0 Å². The van der Waals surface area contributed by atoms with Gasteiger partial charge < -0.3 is 5.11 Å². The van der Waals surface area contributed by atoms with Gasteiger partial charge in [-0.3, -0.25) is 4.79 Å². The molecule has 0 radical (unpaired) electrons. The summed E-state index contributed by atoms with van der Waals surface area (Å²) in [6.45, 7) is 6.29. The van der Waals surface area contributed by atoms with E-state index >= 15 is 0 Å². The predicted molar refractivity (Wildman–Crippen MR) is 73.0 cm³/mol. The number of hydrogen-bond acceptors (Lipinski definition) is 2. The molecule has 1 aromatic rings. The summed E-state index contributed by atoms with van der Waals surface area (Å²) < 4.78 is 0. The molecule has 1 atom stereocenters. The molecule has 1 saturated carbocycles. The third-order valence-corrected chi connectivity index (χ3v) is 3.78. The van der Waals surface area contributed by atoms with E-state index in [9.17, 15) is 9.90 Å². The fourth-order valence-corrected chi connectivity index (χ4v) is 2.72. The van der Waals surface area contributed by atoms with Crippen molar-refractivity contribution in [3.63, 3.8) is 0 Å². The van der Waals surface area contributed by atoms with Crippen molar-refractivity contribution in [1.82, 2.24) is 0 Å². The number of carbonyl (C=O) groups is 1. The van der Waals surface area contributed by atoms with Crippen LogP contribution >= 0.6 is 0 Å². The molecule has 0 amide bonds. The third-order valence-electron chi connectivity index (χ3n) is 3.78. The second-order valence-electron chi connectivity index (χ2n) is 6.36. The van der Waals surface area contributed by atoms with E-state index in [1.54, 1.807) is 6.07 Å². The summed E-state index contributed by atoms with van der Waals surface area (Å²) in [5.74, 6) is 1.07. The van der Waals surface area contributed by atoms with Gasteiger partial charge in [-0.1, -0.05) is 32.9 Å². The summed E-state index contributed by atoms with van der Waals surface area (Å²) in [5, 5.41) is 9.95. The Morgan fingerprint density at radius 3 is 2.61 bits per heavy atom. The minimum absolute atomic E-state index is 0.0707. The molecule has 1 fully saturated rings. The van der Waals surface area contributed by atoms with E-state index in [1.165, 1.54) is 5.56 Å². The zero-order valence-electron chi connectivity index (χ0n) is 11.5. The molecule has 2 rings (SSSR count). The van der Waals surface area contributed by atoms with Gasteiger partial charge >= 0.3 is 0 Å². The Hall–Kier alpha value is -1.31. The molecular weight excluding hydrogens is 224 g/mol. The van der Waals surface area contributed by atoms with Gasteiger partial charge in [0.1, 0.15) is 11.5 Å². The largest absolute Gasteiger partial charge is 0.508 e. The van der Waals surface area contributed by atoms with E-state index in [0.29, 0.717) is 23.9 Å². The Kier molecular flexibility index (Phi) is 3.47. The molecule has 0 spiro atoms. The fraction of sp³-hybridized carbons (Fsp3) is 0.562. The van der Waals surface area contributed by atoms with Crippen LogP contribution in [0.1, 0.15) is 63.5 Å². The topological polar surface area (TPSA) is 37.3 Å². The number of rotatable bonds is 1. The molecule has 0 heterocycles. The summed E-state index contributed by atoms with van der Waals surface area (Å²) in [6, 6.07) is 5.82. The molecule has 1 aromatic carbocycles. The number of carbonyl (C=O) groups excluding carboxylic acids is 1. The summed E-state index contributed by atoms with van der Waals surface area (Å²) >= 11 is 0. The first-order chi connectivity index (χ1) is 8.38. The third kappa shape index (κ3) is 2.74. The molecule has 1 unspecified atom stereocenters. The molecule has 0 bridgehead atoms. The van der Waals surface area contributed by atoms with Crippen molar-refractivity contribution in [1.29, 1.82) is 0 Å². The maximum Gasteiger partial charge on any atom is 0.133 e. The van der Waals surface area contributed by atoms with Crippen LogP contribution < -0.4 is 0 Å². The summed E-state index contributed by atoms with van der Waals surface area (Å²) in [6.07, 6.45) is 3.48. The van der Waals surface area contributed by atoms with Crippen molar-refractivity contribution in [2.45, 2.75) is 57.8 Å². The first-order valence-electron chi connectivity index (χ1n) is 6.73. The predicted octanol–water partition coefficient (Wildman–Crippen LogP) is 3.92. The van der Waals surface area contributed by atoms with Gasteiger partial charge in [-0.25, -0.2) is 0 Å². The van der Waals surface area contributed by atoms with Crippen molar-refractivity contribution < 1.29 is 9.90 Å². The number of phenols is 1. The van der Waals surface area contributed by atoms with E-state index in [0.717, 1.165) is 24.8 Å². The van der Waals surface area contributed by atoms with Crippen molar-refractivity contribution in [2.75, 3.05) is 0 Å². The van der Waals surface area contributed by atoms with Crippen LogP contribution in [0.5, 0.6) is 5.75 Å². The smallest absolute Gasteiger partial charge is 0.133 e. The molecule has 98 valence electrons. The molecule has 1 aliphatic carbocycles. The number of hydrogen-bond donors (Lipinski definition) is 1. The highest BCUT2D eigenvalue weighted by molar-refractivity contribution is 5.80. The standard InChI is InChI=1S/C16H22O2/c1-16(2,3)14-10-12(7-8-15(14)18)11-5-4-6-13(17)9-11/h7-8,10-11,18H,4-6,9H2,1-3H3. The molecule has 2 nitrogen and oxygen atoms in total. The SMILES string of the molecule is CC(C)(C)c1cc(C2CCCC(=O)C2)ccc1O. The molecule has 18 heavy (non-hydrogen) atoms. The maximum atomic E-state index is 11.5. The Labute approximate surface area is 109 Å². The Bertz CT molecular complexity index is 455. The van der Waals surface area contributed by atoms with E-state index in [-0.39, 0.29) is 5.41 Å². The Balaban J connectivity index is 2.32. The summed E-state index contributed by atoms with van der Waals surface area (Å²) in [7, 11) is 0. The minimum Gasteiger partial charge on any atom is -0.508 e. The molecule has 0 aromatic heterocycles. The number of phenolic OH excluding ortho intramolecular Hbond substituents is 1. The van der Waals surface area contributed by atoms with Crippen LogP contribution in [0.25, 0.3) is 0 Å². The fourth-order valence-electron chi connectivity index (χ4n) is 2.72. The minimum atomic E-state index is -0.0707. The number of Topliss-reactive ketones (excluding diaryl/α,β-unsaturated/α-hetero) is 1. The highest BCUT2D eigenvalue weighted by Crippen LogP contribution is 2.36. The van der Waals surface area contributed by atoms with Gasteiger partial charge in [-0.15, -0.1) is 0 Å². The van der Waals surface area contributed by atoms with Gasteiger partial charge in [0.15, 0.2) is 0 Å². The molecule has 0 saturated heterocycles. The van der Waals surface area contributed by atoms with Crippen LogP contribution in [0.2, 0.25) is 0 Å². The summed E-state index contributed by atoms with van der Waals surface area (Å²) in [4.78, 5) is 11.5. The van der Waals surface area contributed by atoms with Crippen LogP contribution in [0, 0.1) is 0 Å². The van der Waals surface area contributed by atoms with Gasteiger partial charge in [0.05, 0.1) is 0 Å². The van der Waals surface area contributed by atoms with Crippen molar-refractivity contribution in [2.24, 2.45) is 0 Å². The number of aromatic hydroxyl groups is 1. The van der Waals surface area contributed by atoms with Crippen LogP contribution in [0.4, 0.5) is 0 Å². The Morgan fingerprint density at radius 2 is 2.00 bits per heavy atom. The molecule has 0 aliphatic heterocycles. The van der Waals surface area contributed by atoms with Crippen LogP contribution in [-0.4, -0.2) is 10.9 Å². The molecule has 1 N–H and O–H groups in total.